The summed E-state index contributed by atoms with van der Waals surface area (Å²) in [4.78, 5) is 11.6. The molecule has 0 atom stereocenters. The molecule has 0 aliphatic heterocycles. The van der Waals surface area contributed by atoms with Gasteiger partial charge in [-0.15, -0.1) is 0 Å². The van der Waals surface area contributed by atoms with E-state index in [2.05, 4.69) is 26.3 Å². The van der Waals surface area contributed by atoms with Crippen molar-refractivity contribution in [1.82, 2.24) is 15.1 Å². The average Bonchev–Trinajstić information content (AvgIpc) is 2.73. The van der Waals surface area contributed by atoms with E-state index in [1.54, 1.807) is 25.2 Å². The molecule has 4 nitrogen and oxygen atoms in total. The maximum absolute atomic E-state index is 11.6. The Morgan fingerprint density at radius 2 is 2.17 bits per heavy atom. The molecule has 0 aliphatic rings. The zero-order valence-electron chi connectivity index (χ0n) is 9.25. The average molecular weight is 349 g/mol. The normalized spacial score (nSPS) is 10.4. The Morgan fingerprint density at radius 1 is 1.44 bits per heavy atom. The van der Waals surface area contributed by atoms with E-state index >= 15 is 0 Å². The molecule has 7 heteroatoms. The second kappa shape index (κ2) is 5.30. The molecule has 94 valence electrons. The number of carbonyl (C=O) groups excluding carboxylic acids is 1. The van der Waals surface area contributed by atoms with E-state index in [0.717, 1.165) is 0 Å². The van der Waals surface area contributed by atoms with Gasteiger partial charge in [-0.1, -0.05) is 23.2 Å². The summed E-state index contributed by atoms with van der Waals surface area (Å²) in [6, 6.07) is 5.03. The number of nitrogens with one attached hydrogen (secondary N) is 1. The number of amides is 1. The fourth-order valence-electron chi connectivity index (χ4n) is 1.44. The van der Waals surface area contributed by atoms with Crippen molar-refractivity contribution in [3.05, 3.63) is 44.6 Å². The van der Waals surface area contributed by atoms with Gasteiger partial charge in [-0.2, -0.15) is 5.10 Å². The number of rotatable bonds is 2. The van der Waals surface area contributed by atoms with Gasteiger partial charge in [0.1, 0.15) is 4.60 Å². The van der Waals surface area contributed by atoms with E-state index in [9.17, 15) is 4.79 Å². The van der Waals surface area contributed by atoms with Crippen LogP contribution in [0.3, 0.4) is 0 Å². The molecule has 0 spiro atoms. The van der Waals surface area contributed by atoms with Crippen LogP contribution in [-0.4, -0.2) is 22.7 Å². The van der Waals surface area contributed by atoms with E-state index in [1.165, 1.54) is 10.9 Å². The van der Waals surface area contributed by atoms with E-state index in [4.69, 9.17) is 23.2 Å². The lowest BCUT2D eigenvalue weighted by Gasteiger charge is -2.06. The SMILES string of the molecule is CNC(=O)c1cnn(-c2cc(Cl)ccc2Cl)c1Br. The number of aromatic nitrogens is 2. The lowest BCUT2D eigenvalue weighted by Crippen LogP contribution is -2.17. The number of hydrogen-bond acceptors (Lipinski definition) is 2. The van der Waals surface area contributed by atoms with Gasteiger partial charge in [0.25, 0.3) is 5.91 Å². The Balaban J connectivity index is 2.55. The van der Waals surface area contributed by atoms with Crippen molar-refractivity contribution in [1.29, 1.82) is 0 Å². The lowest BCUT2D eigenvalue weighted by atomic mass is 10.3. The minimum atomic E-state index is -0.230. The Morgan fingerprint density at radius 3 is 2.83 bits per heavy atom. The van der Waals surface area contributed by atoms with E-state index in [-0.39, 0.29) is 5.91 Å². The molecule has 1 heterocycles. The highest BCUT2D eigenvalue weighted by atomic mass is 79.9. The molecule has 2 aromatic rings. The van der Waals surface area contributed by atoms with Crippen LogP contribution in [0.2, 0.25) is 10.0 Å². The van der Waals surface area contributed by atoms with Crippen molar-refractivity contribution in [3.8, 4) is 5.69 Å². The number of carbonyl (C=O) groups is 1. The molecule has 1 aromatic carbocycles. The molecule has 0 aliphatic carbocycles. The monoisotopic (exact) mass is 347 g/mol. The third-order valence-corrected chi connectivity index (χ3v) is 3.64. The molecule has 0 bridgehead atoms. The van der Waals surface area contributed by atoms with Gasteiger partial charge in [0.15, 0.2) is 0 Å². The predicted octanol–water partition coefficient (Wildman–Crippen LogP) is 3.30. The van der Waals surface area contributed by atoms with Crippen molar-refractivity contribution >= 4 is 45.0 Å². The van der Waals surface area contributed by atoms with E-state index in [0.29, 0.717) is 25.9 Å². The number of benzene rings is 1. The second-order valence-electron chi connectivity index (χ2n) is 3.44. The van der Waals surface area contributed by atoms with Crippen LogP contribution in [0, 0.1) is 0 Å². The zero-order chi connectivity index (χ0) is 13.3. The molecule has 0 radical (unpaired) electrons. The number of halogens is 3. The standard InChI is InChI=1S/C11H8BrCl2N3O/c1-15-11(18)7-5-16-17(10(7)12)9-4-6(13)2-3-8(9)14/h2-5H,1H3,(H,15,18). The third-order valence-electron chi connectivity index (χ3n) is 2.32. The first-order valence-corrected chi connectivity index (χ1v) is 6.50. The molecule has 1 aromatic heterocycles. The maximum atomic E-state index is 11.6. The van der Waals surface area contributed by atoms with Crippen LogP contribution >= 0.6 is 39.1 Å². The molecule has 0 saturated carbocycles. The van der Waals surface area contributed by atoms with Crippen molar-refractivity contribution in [2.24, 2.45) is 0 Å². The van der Waals surface area contributed by atoms with Gasteiger partial charge in [-0.05, 0) is 34.1 Å². The summed E-state index contributed by atoms with van der Waals surface area (Å²) in [7, 11) is 1.55. The first-order valence-electron chi connectivity index (χ1n) is 4.95. The zero-order valence-corrected chi connectivity index (χ0v) is 12.3. The van der Waals surface area contributed by atoms with Gasteiger partial charge in [0.2, 0.25) is 0 Å². The summed E-state index contributed by atoms with van der Waals surface area (Å²) < 4.78 is 2.03. The molecule has 0 unspecified atom stereocenters. The molecule has 0 saturated heterocycles. The number of nitrogens with zero attached hydrogens (tertiary/aromatic N) is 2. The molecule has 18 heavy (non-hydrogen) atoms. The van der Waals surface area contributed by atoms with Gasteiger partial charge in [0, 0.05) is 12.1 Å². The Hall–Kier alpha value is -1.04. The van der Waals surface area contributed by atoms with Gasteiger partial charge in [-0.3, -0.25) is 4.79 Å². The summed E-state index contributed by atoms with van der Waals surface area (Å²) in [5.74, 6) is -0.230. The van der Waals surface area contributed by atoms with Crippen LogP contribution in [-0.2, 0) is 0 Å². The van der Waals surface area contributed by atoms with Gasteiger partial charge in [-0.25, -0.2) is 4.68 Å². The largest absolute Gasteiger partial charge is 0.355 e. The van der Waals surface area contributed by atoms with E-state index < -0.39 is 0 Å². The Kier molecular flexibility index (Phi) is 3.94. The minimum absolute atomic E-state index is 0.230. The first kappa shape index (κ1) is 13.4. The van der Waals surface area contributed by atoms with Crippen molar-refractivity contribution in [3.63, 3.8) is 0 Å². The van der Waals surface area contributed by atoms with Crippen LogP contribution in [0.25, 0.3) is 5.69 Å². The quantitative estimate of drug-likeness (QED) is 0.905. The molecule has 1 amide bonds. The van der Waals surface area contributed by atoms with Crippen LogP contribution in [0.1, 0.15) is 10.4 Å². The van der Waals surface area contributed by atoms with Gasteiger partial charge < -0.3 is 5.32 Å². The highest BCUT2D eigenvalue weighted by molar-refractivity contribution is 9.10. The van der Waals surface area contributed by atoms with Crippen LogP contribution in [0.15, 0.2) is 29.0 Å². The summed E-state index contributed by atoms with van der Waals surface area (Å²) in [5.41, 5.74) is 1.03. The van der Waals surface area contributed by atoms with Crippen LogP contribution in [0.4, 0.5) is 0 Å². The summed E-state index contributed by atoms with van der Waals surface area (Å²) in [6.07, 6.45) is 1.46. The topological polar surface area (TPSA) is 46.9 Å². The Labute approximate surface area is 122 Å². The highest BCUT2D eigenvalue weighted by Gasteiger charge is 2.16. The lowest BCUT2D eigenvalue weighted by molar-refractivity contribution is 0.0962. The van der Waals surface area contributed by atoms with E-state index in [1.807, 2.05) is 0 Å². The molecule has 0 fully saturated rings. The van der Waals surface area contributed by atoms with Gasteiger partial charge >= 0.3 is 0 Å². The molecular formula is C11H8BrCl2N3O. The van der Waals surface area contributed by atoms with Crippen LogP contribution < -0.4 is 5.32 Å². The first-order chi connectivity index (χ1) is 8.54. The molecular weight excluding hydrogens is 341 g/mol. The molecule has 2 rings (SSSR count). The smallest absolute Gasteiger partial charge is 0.255 e. The van der Waals surface area contributed by atoms with Crippen molar-refractivity contribution in [2.45, 2.75) is 0 Å². The fraction of sp³-hybridized carbons (Fsp3) is 0.0909. The second-order valence-corrected chi connectivity index (χ2v) is 5.03. The Bertz CT molecular complexity index is 612. The summed E-state index contributed by atoms with van der Waals surface area (Å²) in [5, 5.41) is 7.69. The molecule has 1 N–H and O–H groups in total. The predicted molar refractivity (Wildman–Crippen MR) is 74.7 cm³/mol. The fourth-order valence-corrected chi connectivity index (χ4v) is 2.37. The number of hydrogen-bond donors (Lipinski definition) is 1. The van der Waals surface area contributed by atoms with Crippen LogP contribution in [0.5, 0.6) is 0 Å². The van der Waals surface area contributed by atoms with Crippen molar-refractivity contribution < 1.29 is 4.79 Å². The highest BCUT2D eigenvalue weighted by Crippen LogP contribution is 2.28. The third kappa shape index (κ3) is 2.39. The maximum Gasteiger partial charge on any atom is 0.255 e. The van der Waals surface area contributed by atoms with Crippen molar-refractivity contribution in [2.75, 3.05) is 7.05 Å². The summed E-state index contributed by atoms with van der Waals surface area (Å²) >= 11 is 15.3. The minimum Gasteiger partial charge on any atom is -0.355 e. The van der Waals surface area contributed by atoms with Gasteiger partial charge in [0.05, 0.1) is 22.5 Å². The summed E-state index contributed by atoms with van der Waals surface area (Å²) in [6.45, 7) is 0.